The summed E-state index contributed by atoms with van der Waals surface area (Å²) in [4.78, 5) is 0. The molecule has 2 aromatic rings. The van der Waals surface area contributed by atoms with Gasteiger partial charge in [0.1, 0.15) is 0 Å². The van der Waals surface area contributed by atoms with E-state index in [0.717, 1.165) is 12.8 Å². The quantitative estimate of drug-likeness (QED) is 0.484. The number of unbranched alkanes of at least 4 members (excludes halogenated alkanes) is 9. The van der Waals surface area contributed by atoms with Crippen molar-refractivity contribution >= 4 is 9.84 Å². The zero-order valence-corrected chi connectivity index (χ0v) is 16.5. The van der Waals surface area contributed by atoms with Crippen LogP contribution in [-0.2, 0) is 9.84 Å². The summed E-state index contributed by atoms with van der Waals surface area (Å²) < 4.78 is 26.4. The Morgan fingerprint density at radius 2 is 1.42 bits per heavy atom. The van der Waals surface area contributed by atoms with Gasteiger partial charge in [0.25, 0.3) is 5.16 Å². The number of tetrazole rings is 1. The topological polar surface area (TPSA) is 77.7 Å². The molecule has 1 aromatic carbocycles. The lowest BCUT2D eigenvalue weighted by Crippen LogP contribution is -2.14. The minimum Gasteiger partial charge on any atom is -0.220 e. The second-order valence-electron chi connectivity index (χ2n) is 6.71. The summed E-state index contributed by atoms with van der Waals surface area (Å²) in [6.45, 7) is 2.23. The normalized spacial score (nSPS) is 11.7. The Morgan fingerprint density at radius 1 is 0.846 bits per heavy atom. The van der Waals surface area contributed by atoms with Crippen molar-refractivity contribution in [3.8, 4) is 5.69 Å². The molecular weight excluding hydrogens is 348 g/mol. The fourth-order valence-corrected chi connectivity index (χ4v) is 4.31. The van der Waals surface area contributed by atoms with Gasteiger partial charge in [-0.2, -0.15) is 4.68 Å². The van der Waals surface area contributed by atoms with Crippen LogP contribution in [0.25, 0.3) is 5.69 Å². The Balaban J connectivity index is 1.72. The van der Waals surface area contributed by atoms with Crippen molar-refractivity contribution in [2.75, 3.05) is 5.75 Å². The summed E-state index contributed by atoms with van der Waals surface area (Å²) in [5, 5.41) is 11.0. The predicted octanol–water partition coefficient (Wildman–Crippen LogP) is 4.36. The molecule has 7 heteroatoms. The number of nitrogens with zero attached hydrogens (tertiary/aromatic N) is 4. The lowest BCUT2D eigenvalue weighted by Gasteiger charge is -2.06. The van der Waals surface area contributed by atoms with E-state index in [9.17, 15) is 8.42 Å². The van der Waals surface area contributed by atoms with Crippen LogP contribution in [0, 0.1) is 0 Å². The van der Waals surface area contributed by atoms with Gasteiger partial charge < -0.3 is 0 Å². The molecule has 26 heavy (non-hydrogen) atoms. The van der Waals surface area contributed by atoms with Crippen LogP contribution in [0.5, 0.6) is 0 Å². The first kappa shape index (κ1) is 20.6. The highest BCUT2D eigenvalue weighted by Crippen LogP contribution is 2.15. The first-order valence-corrected chi connectivity index (χ1v) is 11.4. The van der Waals surface area contributed by atoms with Crippen LogP contribution in [0.2, 0.25) is 0 Å². The Bertz CT molecular complexity index is 729. The predicted molar refractivity (Wildman–Crippen MR) is 103 cm³/mol. The third-order valence-electron chi connectivity index (χ3n) is 4.49. The van der Waals surface area contributed by atoms with E-state index in [0.29, 0.717) is 12.1 Å². The van der Waals surface area contributed by atoms with Gasteiger partial charge in [-0.15, -0.1) is 0 Å². The van der Waals surface area contributed by atoms with E-state index in [1.54, 1.807) is 12.1 Å². The number of sulfone groups is 1. The van der Waals surface area contributed by atoms with Gasteiger partial charge >= 0.3 is 0 Å². The van der Waals surface area contributed by atoms with Crippen LogP contribution in [0.4, 0.5) is 0 Å². The lowest BCUT2D eigenvalue weighted by atomic mass is 10.1. The van der Waals surface area contributed by atoms with Gasteiger partial charge in [-0.3, -0.25) is 0 Å². The summed E-state index contributed by atoms with van der Waals surface area (Å²) in [6.07, 6.45) is 11.7. The highest BCUT2D eigenvalue weighted by Gasteiger charge is 2.23. The number of para-hydroxylation sites is 1. The molecule has 0 aliphatic heterocycles. The molecule has 0 saturated heterocycles. The van der Waals surface area contributed by atoms with E-state index in [4.69, 9.17) is 0 Å². The van der Waals surface area contributed by atoms with Crippen molar-refractivity contribution in [2.45, 2.75) is 76.3 Å². The molecule has 0 N–H and O–H groups in total. The van der Waals surface area contributed by atoms with Crippen molar-refractivity contribution in [1.82, 2.24) is 20.2 Å². The minimum absolute atomic E-state index is 0.0698. The van der Waals surface area contributed by atoms with Gasteiger partial charge in [-0.25, -0.2) is 8.42 Å². The number of hydrogen-bond acceptors (Lipinski definition) is 5. The maximum absolute atomic E-state index is 12.6. The molecule has 0 unspecified atom stereocenters. The van der Waals surface area contributed by atoms with E-state index < -0.39 is 9.84 Å². The zero-order chi connectivity index (χ0) is 18.7. The van der Waals surface area contributed by atoms with E-state index in [1.165, 1.54) is 49.6 Å². The van der Waals surface area contributed by atoms with Gasteiger partial charge in [0.05, 0.1) is 11.4 Å². The molecule has 0 saturated carbocycles. The fraction of sp³-hybridized carbons (Fsp3) is 0.632. The largest absolute Gasteiger partial charge is 0.272 e. The van der Waals surface area contributed by atoms with Crippen LogP contribution in [0.3, 0.4) is 0 Å². The summed E-state index contributed by atoms with van der Waals surface area (Å²) >= 11 is 0. The van der Waals surface area contributed by atoms with Crippen LogP contribution < -0.4 is 0 Å². The molecule has 0 spiro atoms. The Labute approximate surface area is 156 Å². The van der Waals surface area contributed by atoms with Crippen molar-refractivity contribution in [2.24, 2.45) is 0 Å². The first-order valence-electron chi connectivity index (χ1n) is 9.71. The summed E-state index contributed by atoms with van der Waals surface area (Å²) in [6, 6.07) is 9.10. The molecule has 0 fully saturated rings. The zero-order valence-electron chi connectivity index (χ0n) is 15.7. The average Bonchev–Trinajstić information content (AvgIpc) is 3.15. The SMILES string of the molecule is CCCCCCCCCCCCS(=O)(=O)c1nnnn1-c1ccccc1. The van der Waals surface area contributed by atoms with Gasteiger partial charge in [-0.1, -0.05) is 88.0 Å². The maximum atomic E-state index is 12.6. The van der Waals surface area contributed by atoms with Gasteiger partial charge in [0.2, 0.25) is 9.84 Å². The smallest absolute Gasteiger partial charge is 0.220 e. The summed E-state index contributed by atoms with van der Waals surface area (Å²) in [7, 11) is -3.48. The Hall–Kier alpha value is -1.76. The average molecular weight is 379 g/mol. The van der Waals surface area contributed by atoms with Crippen LogP contribution in [0.15, 0.2) is 35.5 Å². The number of benzene rings is 1. The Kier molecular flexibility index (Phi) is 8.74. The molecule has 144 valence electrons. The molecule has 0 bridgehead atoms. The first-order chi connectivity index (χ1) is 12.6. The van der Waals surface area contributed by atoms with Crippen molar-refractivity contribution < 1.29 is 8.42 Å². The standard InChI is InChI=1S/C19H30N4O2S/c1-2-3-4-5-6-7-8-9-10-14-17-26(24,25)19-20-21-22-23(19)18-15-12-11-13-16-18/h11-13,15-16H,2-10,14,17H2,1H3. The molecule has 0 aliphatic rings. The minimum atomic E-state index is -3.48. The summed E-state index contributed by atoms with van der Waals surface area (Å²) in [5.41, 5.74) is 0.652. The van der Waals surface area contributed by atoms with Crippen molar-refractivity contribution in [3.05, 3.63) is 30.3 Å². The number of rotatable bonds is 13. The molecule has 2 rings (SSSR count). The van der Waals surface area contributed by atoms with E-state index in [-0.39, 0.29) is 10.9 Å². The third-order valence-corrected chi connectivity index (χ3v) is 6.12. The number of aromatic nitrogens is 4. The van der Waals surface area contributed by atoms with Crippen LogP contribution in [-0.4, -0.2) is 34.4 Å². The molecule has 0 aliphatic carbocycles. The summed E-state index contributed by atoms with van der Waals surface area (Å²) in [5.74, 6) is 0.0940. The van der Waals surface area contributed by atoms with E-state index in [1.807, 2.05) is 18.2 Å². The molecule has 0 radical (unpaired) electrons. The molecule has 1 aromatic heterocycles. The second-order valence-corrected chi connectivity index (χ2v) is 8.71. The Morgan fingerprint density at radius 3 is 2.04 bits per heavy atom. The third kappa shape index (κ3) is 6.52. The van der Waals surface area contributed by atoms with Crippen LogP contribution in [0.1, 0.15) is 71.1 Å². The number of hydrogen-bond donors (Lipinski definition) is 0. The molecule has 6 nitrogen and oxygen atoms in total. The fourth-order valence-electron chi connectivity index (χ4n) is 2.97. The molecule has 1 heterocycles. The van der Waals surface area contributed by atoms with Gasteiger partial charge in [-0.05, 0) is 29.0 Å². The van der Waals surface area contributed by atoms with Gasteiger partial charge in [0.15, 0.2) is 0 Å². The highest BCUT2D eigenvalue weighted by atomic mass is 32.2. The molecule has 0 amide bonds. The monoisotopic (exact) mass is 378 g/mol. The van der Waals surface area contributed by atoms with Crippen molar-refractivity contribution in [1.29, 1.82) is 0 Å². The maximum Gasteiger partial charge on any atom is 0.272 e. The van der Waals surface area contributed by atoms with E-state index in [2.05, 4.69) is 22.4 Å². The molecule has 0 atom stereocenters. The highest BCUT2D eigenvalue weighted by molar-refractivity contribution is 7.91. The molecular formula is C19H30N4O2S. The van der Waals surface area contributed by atoms with E-state index >= 15 is 0 Å². The van der Waals surface area contributed by atoms with Crippen LogP contribution >= 0.6 is 0 Å². The van der Waals surface area contributed by atoms with Gasteiger partial charge in [0, 0.05) is 0 Å². The van der Waals surface area contributed by atoms with Crippen molar-refractivity contribution in [3.63, 3.8) is 0 Å². The second kappa shape index (κ2) is 11.1. The lowest BCUT2D eigenvalue weighted by molar-refractivity contribution is 0.554.